The minimum absolute atomic E-state index is 0.0798. The van der Waals surface area contributed by atoms with Gasteiger partial charge in [0.15, 0.2) is 0 Å². The predicted molar refractivity (Wildman–Crippen MR) is 91.4 cm³/mol. The number of hydrogen-bond acceptors (Lipinski definition) is 2. The van der Waals surface area contributed by atoms with Gasteiger partial charge in [-0.25, -0.2) is 0 Å². The van der Waals surface area contributed by atoms with Gasteiger partial charge in [0.1, 0.15) is 0 Å². The normalized spacial score (nSPS) is 10.7. The molecule has 2 aromatic carbocycles. The van der Waals surface area contributed by atoms with Crippen molar-refractivity contribution in [1.82, 2.24) is 4.90 Å². The average Bonchev–Trinajstić information content (AvgIpc) is 2.54. The molecule has 122 valence electrons. The number of carbonyl (C=O) groups excluding carboxylic acids is 1. The van der Waals surface area contributed by atoms with Gasteiger partial charge < -0.3 is 10.0 Å². The summed E-state index contributed by atoms with van der Waals surface area (Å²) in [6.45, 7) is 0.501. The maximum absolute atomic E-state index is 12.0. The van der Waals surface area contributed by atoms with Crippen LogP contribution in [0.25, 0.3) is 10.8 Å². The zero-order valence-electron chi connectivity index (χ0n) is 13.5. The summed E-state index contributed by atoms with van der Waals surface area (Å²) in [6, 6.07) is 14.7. The van der Waals surface area contributed by atoms with Gasteiger partial charge in [-0.05, 0) is 35.6 Å². The van der Waals surface area contributed by atoms with E-state index in [4.69, 9.17) is 5.11 Å². The number of carboxylic acids is 1. The minimum Gasteiger partial charge on any atom is -0.481 e. The molecule has 0 radical (unpaired) electrons. The summed E-state index contributed by atoms with van der Waals surface area (Å²) in [4.78, 5) is 24.1. The van der Waals surface area contributed by atoms with Crippen LogP contribution in [0.2, 0.25) is 0 Å². The van der Waals surface area contributed by atoms with Crippen LogP contribution < -0.4 is 0 Å². The van der Waals surface area contributed by atoms with Crippen LogP contribution in [0, 0.1) is 0 Å². The Morgan fingerprint density at radius 1 is 1.00 bits per heavy atom. The number of amides is 1. The summed E-state index contributed by atoms with van der Waals surface area (Å²) in [5.41, 5.74) is 1.24. The van der Waals surface area contributed by atoms with Crippen LogP contribution in [-0.4, -0.2) is 35.5 Å². The van der Waals surface area contributed by atoms with Crippen molar-refractivity contribution in [3.63, 3.8) is 0 Å². The number of aryl methyl sites for hydroxylation is 1. The van der Waals surface area contributed by atoms with Crippen molar-refractivity contribution in [2.24, 2.45) is 0 Å². The Balaban J connectivity index is 1.76. The van der Waals surface area contributed by atoms with Crippen LogP contribution in [0.4, 0.5) is 0 Å². The summed E-state index contributed by atoms with van der Waals surface area (Å²) < 4.78 is 0. The molecular weight excluding hydrogens is 290 g/mol. The van der Waals surface area contributed by atoms with Gasteiger partial charge in [-0.1, -0.05) is 42.5 Å². The largest absolute Gasteiger partial charge is 0.481 e. The first-order chi connectivity index (χ1) is 11.1. The molecule has 1 N–H and O–H groups in total. The number of carbonyl (C=O) groups is 2. The van der Waals surface area contributed by atoms with Crippen LogP contribution in [0.3, 0.4) is 0 Å². The molecule has 0 fully saturated rings. The summed E-state index contributed by atoms with van der Waals surface area (Å²) in [6.07, 6.45) is 2.79. The molecule has 0 saturated carbocycles. The maximum atomic E-state index is 12.0. The number of rotatable bonds is 8. The van der Waals surface area contributed by atoms with E-state index in [1.807, 2.05) is 12.1 Å². The highest BCUT2D eigenvalue weighted by Crippen LogP contribution is 2.17. The molecule has 0 aliphatic carbocycles. The van der Waals surface area contributed by atoms with E-state index >= 15 is 0 Å². The van der Waals surface area contributed by atoms with Gasteiger partial charge in [0.2, 0.25) is 5.91 Å². The molecular formula is C19H23NO3. The molecule has 0 unspecified atom stereocenters. The van der Waals surface area contributed by atoms with E-state index in [1.165, 1.54) is 16.3 Å². The van der Waals surface area contributed by atoms with Crippen molar-refractivity contribution in [3.8, 4) is 0 Å². The van der Waals surface area contributed by atoms with E-state index in [2.05, 4.69) is 30.3 Å². The lowest BCUT2D eigenvalue weighted by molar-refractivity contribution is -0.138. The molecule has 0 atom stereocenters. The first-order valence-corrected chi connectivity index (χ1v) is 7.99. The third-order valence-corrected chi connectivity index (χ3v) is 3.98. The monoisotopic (exact) mass is 313 g/mol. The summed E-state index contributed by atoms with van der Waals surface area (Å²) in [5.74, 6) is -0.738. The van der Waals surface area contributed by atoms with E-state index in [1.54, 1.807) is 11.9 Å². The van der Waals surface area contributed by atoms with E-state index in [-0.39, 0.29) is 12.3 Å². The summed E-state index contributed by atoms with van der Waals surface area (Å²) in [7, 11) is 1.74. The van der Waals surface area contributed by atoms with E-state index in [0.717, 1.165) is 12.8 Å². The Morgan fingerprint density at radius 2 is 1.74 bits per heavy atom. The van der Waals surface area contributed by atoms with Gasteiger partial charge in [-0.3, -0.25) is 9.59 Å². The SMILES string of the molecule is CN(CCCC(=O)O)C(=O)CCCc1ccc2ccccc2c1. The lowest BCUT2D eigenvalue weighted by Crippen LogP contribution is -2.27. The molecule has 0 aliphatic heterocycles. The zero-order chi connectivity index (χ0) is 16.7. The molecule has 0 saturated heterocycles. The quantitative estimate of drug-likeness (QED) is 0.811. The number of carboxylic acid groups (broad SMARTS) is 1. The van der Waals surface area contributed by atoms with Crippen molar-refractivity contribution in [1.29, 1.82) is 0 Å². The molecule has 4 nitrogen and oxygen atoms in total. The smallest absolute Gasteiger partial charge is 0.303 e. The second kappa shape index (κ2) is 8.32. The fourth-order valence-corrected chi connectivity index (χ4v) is 2.62. The molecule has 2 rings (SSSR count). The Bertz CT molecular complexity index is 681. The van der Waals surface area contributed by atoms with Crippen LogP contribution in [0.5, 0.6) is 0 Å². The Hall–Kier alpha value is -2.36. The molecule has 0 spiro atoms. The first-order valence-electron chi connectivity index (χ1n) is 7.99. The fourth-order valence-electron chi connectivity index (χ4n) is 2.62. The van der Waals surface area contributed by atoms with Gasteiger partial charge in [0.05, 0.1) is 0 Å². The molecule has 0 bridgehead atoms. The maximum Gasteiger partial charge on any atom is 0.303 e. The molecule has 2 aromatic rings. The number of fused-ring (bicyclic) bond motifs is 1. The summed E-state index contributed by atoms with van der Waals surface area (Å²) in [5, 5.41) is 11.1. The van der Waals surface area contributed by atoms with Gasteiger partial charge in [-0.15, -0.1) is 0 Å². The van der Waals surface area contributed by atoms with Crippen LogP contribution in [0.1, 0.15) is 31.2 Å². The number of aliphatic carboxylic acids is 1. The summed E-state index contributed by atoms with van der Waals surface area (Å²) >= 11 is 0. The van der Waals surface area contributed by atoms with Crippen molar-refractivity contribution >= 4 is 22.6 Å². The highest BCUT2D eigenvalue weighted by atomic mass is 16.4. The van der Waals surface area contributed by atoms with Crippen molar-refractivity contribution in [2.75, 3.05) is 13.6 Å². The zero-order valence-corrected chi connectivity index (χ0v) is 13.5. The van der Waals surface area contributed by atoms with Gasteiger partial charge >= 0.3 is 5.97 Å². The predicted octanol–water partition coefficient (Wildman–Crippen LogP) is 3.49. The van der Waals surface area contributed by atoms with Crippen molar-refractivity contribution in [3.05, 3.63) is 48.0 Å². The van der Waals surface area contributed by atoms with Crippen LogP contribution >= 0.6 is 0 Å². The molecule has 0 heterocycles. The average molecular weight is 313 g/mol. The molecule has 1 amide bonds. The van der Waals surface area contributed by atoms with E-state index in [9.17, 15) is 9.59 Å². The Morgan fingerprint density at radius 3 is 2.48 bits per heavy atom. The van der Waals surface area contributed by atoms with Crippen LogP contribution in [-0.2, 0) is 16.0 Å². The topological polar surface area (TPSA) is 57.6 Å². The molecule has 23 heavy (non-hydrogen) atoms. The Kier molecular flexibility index (Phi) is 6.15. The fraction of sp³-hybridized carbons (Fsp3) is 0.368. The first kappa shape index (κ1) is 17.0. The van der Waals surface area contributed by atoms with Crippen LogP contribution in [0.15, 0.2) is 42.5 Å². The second-order valence-corrected chi connectivity index (χ2v) is 5.85. The van der Waals surface area contributed by atoms with Gasteiger partial charge in [-0.2, -0.15) is 0 Å². The van der Waals surface area contributed by atoms with E-state index in [0.29, 0.717) is 19.4 Å². The third-order valence-electron chi connectivity index (χ3n) is 3.98. The lowest BCUT2D eigenvalue weighted by atomic mass is 10.0. The van der Waals surface area contributed by atoms with Gasteiger partial charge in [0.25, 0.3) is 0 Å². The standard InChI is InChI=1S/C19H23NO3/c1-20(13-5-10-19(22)23)18(21)9-4-6-15-11-12-16-7-2-3-8-17(16)14-15/h2-3,7-8,11-12,14H,4-6,9-10,13H2,1H3,(H,22,23). The number of hydrogen-bond donors (Lipinski definition) is 1. The highest BCUT2D eigenvalue weighted by Gasteiger charge is 2.09. The van der Waals surface area contributed by atoms with Gasteiger partial charge in [0, 0.05) is 26.4 Å². The number of nitrogens with zero attached hydrogens (tertiary/aromatic N) is 1. The second-order valence-electron chi connectivity index (χ2n) is 5.85. The minimum atomic E-state index is -0.817. The van der Waals surface area contributed by atoms with Crippen molar-refractivity contribution in [2.45, 2.75) is 32.1 Å². The number of benzene rings is 2. The highest BCUT2D eigenvalue weighted by molar-refractivity contribution is 5.83. The Labute approximate surface area is 136 Å². The molecule has 4 heteroatoms. The third kappa shape index (κ3) is 5.40. The lowest BCUT2D eigenvalue weighted by Gasteiger charge is -2.16. The van der Waals surface area contributed by atoms with E-state index < -0.39 is 5.97 Å². The van der Waals surface area contributed by atoms with Crippen molar-refractivity contribution < 1.29 is 14.7 Å². The molecule has 0 aromatic heterocycles. The molecule has 0 aliphatic rings.